The van der Waals surface area contributed by atoms with Gasteiger partial charge >= 0.3 is 6.03 Å². The van der Waals surface area contributed by atoms with Crippen LogP contribution in [0.5, 0.6) is 0 Å². The summed E-state index contributed by atoms with van der Waals surface area (Å²) >= 11 is 1.94. The van der Waals surface area contributed by atoms with Crippen molar-refractivity contribution in [2.75, 3.05) is 25.4 Å². The van der Waals surface area contributed by atoms with E-state index in [1.54, 1.807) is 0 Å². The zero-order valence-corrected chi connectivity index (χ0v) is 17.8. The maximum atomic E-state index is 12.8. The third-order valence-corrected chi connectivity index (χ3v) is 9.11. The summed E-state index contributed by atoms with van der Waals surface area (Å²) in [5.74, 6) is 2.55. The number of nitrogens with zero attached hydrogens (tertiary/aromatic N) is 2. The molecule has 5 saturated heterocycles. The number of amides is 4. The van der Waals surface area contributed by atoms with Crippen LogP contribution in [0.4, 0.5) is 4.79 Å². The highest BCUT2D eigenvalue weighted by molar-refractivity contribution is 8.00. The normalized spacial score (nSPS) is 38.3. The second kappa shape index (κ2) is 8.00. The molecule has 4 amide bonds. The molecule has 29 heavy (non-hydrogen) atoms. The Morgan fingerprint density at radius 1 is 1.14 bits per heavy atom. The summed E-state index contributed by atoms with van der Waals surface area (Å²) in [7, 11) is 0. The Kier molecular flexibility index (Phi) is 5.39. The lowest BCUT2D eigenvalue weighted by molar-refractivity contribution is -0.148. The van der Waals surface area contributed by atoms with E-state index >= 15 is 0 Å². The van der Waals surface area contributed by atoms with Crippen molar-refractivity contribution in [3.8, 4) is 0 Å². The van der Waals surface area contributed by atoms with Gasteiger partial charge in [-0.05, 0) is 43.9 Å². The lowest BCUT2D eigenvalue weighted by atomic mass is 9.76. The van der Waals surface area contributed by atoms with Gasteiger partial charge in [0.1, 0.15) is 0 Å². The van der Waals surface area contributed by atoms with Gasteiger partial charge in [0.05, 0.1) is 12.1 Å². The quantitative estimate of drug-likeness (QED) is 0.523. The lowest BCUT2D eigenvalue weighted by Gasteiger charge is -2.52. The Hall–Kier alpha value is -1.44. The molecule has 5 aliphatic heterocycles. The standard InChI is InChI=1S/C21H32N4O3S/c26-18(6-2-1-5-17-20-15(12-29-17)22-21(28)23-20)24-9-13-8-14(11-24)16-4-3-7-19(27)25(16)10-13/h13-17,20H,1-12H2,(H2,22,23,28)/t13-,14+,15+,16+,17+,20+/m1/s1. The minimum absolute atomic E-state index is 0.0330. The molecular formula is C21H32N4O3S. The zero-order chi connectivity index (χ0) is 20.0. The van der Waals surface area contributed by atoms with E-state index in [9.17, 15) is 14.4 Å². The molecule has 0 unspecified atom stereocenters. The first-order valence-corrected chi connectivity index (χ1v) is 12.4. The van der Waals surface area contributed by atoms with Gasteiger partial charge in [-0.1, -0.05) is 6.42 Å². The fourth-order valence-corrected chi connectivity index (χ4v) is 7.78. The average molecular weight is 421 g/mol. The highest BCUT2D eigenvalue weighted by Gasteiger charge is 2.45. The molecule has 5 aliphatic rings. The maximum Gasteiger partial charge on any atom is 0.315 e. The number of hydrogen-bond donors (Lipinski definition) is 2. The van der Waals surface area contributed by atoms with Gasteiger partial charge in [0.2, 0.25) is 11.8 Å². The number of carbonyl (C=O) groups excluding carboxylic acids is 3. The van der Waals surface area contributed by atoms with Crippen LogP contribution in [0, 0.1) is 11.8 Å². The molecule has 2 N–H and O–H groups in total. The van der Waals surface area contributed by atoms with E-state index in [0.29, 0.717) is 47.8 Å². The van der Waals surface area contributed by atoms with Crippen molar-refractivity contribution < 1.29 is 14.4 Å². The summed E-state index contributed by atoms with van der Waals surface area (Å²) in [6, 6.07) is 0.865. The van der Waals surface area contributed by atoms with E-state index in [0.717, 1.165) is 57.5 Å². The summed E-state index contributed by atoms with van der Waals surface area (Å²) in [6.45, 7) is 2.51. The van der Waals surface area contributed by atoms with Crippen molar-refractivity contribution in [1.82, 2.24) is 20.4 Å². The van der Waals surface area contributed by atoms with Crippen LogP contribution in [-0.2, 0) is 9.59 Å². The van der Waals surface area contributed by atoms with Gasteiger partial charge in [0.15, 0.2) is 0 Å². The van der Waals surface area contributed by atoms with Crippen LogP contribution < -0.4 is 10.6 Å². The van der Waals surface area contributed by atoms with Crippen molar-refractivity contribution in [1.29, 1.82) is 0 Å². The summed E-state index contributed by atoms with van der Waals surface area (Å²) < 4.78 is 0. The number of hydrogen-bond acceptors (Lipinski definition) is 4. The summed E-state index contributed by atoms with van der Waals surface area (Å²) in [5, 5.41) is 6.50. The van der Waals surface area contributed by atoms with Crippen LogP contribution in [0.1, 0.15) is 51.4 Å². The Labute approximate surface area is 176 Å². The van der Waals surface area contributed by atoms with Crippen molar-refractivity contribution in [2.45, 2.75) is 74.7 Å². The third kappa shape index (κ3) is 3.84. The van der Waals surface area contributed by atoms with Crippen LogP contribution in [-0.4, -0.2) is 76.4 Å². The number of urea groups is 1. The molecule has 5 fully saturated rings. The number of nitrogens with one attached hydrogen (secondary N) is 2. The number of likely N-dealkylation sites (tertiary alicyclic amines) is 1. The number of carbonyl (C=O) groups is 3. The molecule has 0 aromatic heterocycles. The molecule has 0 aliphatic carbocycles. The number of thioether (sulfide) groups is 1. The van der Waals surface area contributed by atoms with Gasteiger partial charge in [0, 0.05) is 49.5 Å². The first kappa shape index (κ1) is 19.5. The second-order valence-electron chi connectivity index (χ2n) is 9.53. The minimum Gasteiger partial charge on any atom is -0.342 e. The SMILES string of the molecule is O=C1N[C@H]2[C@H](CS[C@H]2CCCCC(=O)N2C[C@H]3C[C@@H](C2)[C@@H]2CCCC(=O)N2C3)N1. The highest BCUT2D eigenvalue weighted by atomic mass is 32.2. The number of unbranched alkanes of at least 4 members (excludes halogenated alkanes) is 1. The fraction of sp³-hybridized carbons (Fsp3) is 0.857. The molecular weight excluding hydrogens is 388 g/mol. The number of rotatable bonds is 5. The summed E-state index contributed by atoms with van der Waals surface area (Å²) in [4.78, 5) is 40.8. The molecule has 5 rings (SSSR count). The molecule has 2 bridgehead atoms. The monoisotopic (exact) mass is 420 g/mol. The molecule has 160 valence electrons. The van der Waals surface area contributed by atoms with Crippen molar-refractivity contribution in [3.05, 3.63) is 0 Å². The first-order chi connectivity index (χ1) is 14.1. The summed E-state index contributed by atoms with van der Waals surface area (Å²) in [5.41, 5.74) is 0. The molecule has 0 aromatic carbocycles. The molecule has 7 nitrogen and oxygen atoms in total. The predicted molar refractivity (Wildman–Crippen MR) is 111 cm³/mol. The van der Waals surface area contributed by atoms with Crippen LogP contribution in [0.15, 0.2) is 0 Å². The van der Waals surface area contributed by atoms with Crippen LogP contribution in [0.2, 0.25) is 0 Å². The van der Waals surface area contributed by atoms with Crippen LogP contribution in [0.3, 0.4) is 0 Å². The zero-order valence-electron chi connectivity index (χ0n) is 17.0. The second-order valence-corrected chi connectivity index (χ2v) is 10.8. The maximum absolute atomic E-state index is 12.8. The van der Waals surface area contributed by atoms with Crippen LogP contribution >= 0.6 is 11.8 Å². The van der Waals surface area contributed by atoms with E-state index in [1.165, 1.54) is 6.42 Å². The van der Waals surface area contributed by atoms with E-state index < -0.39 is 0 Å². The van der Waals surface area contributed by atoms with Gasteiger partial charge in [-0.15, -0.1) is 0 Å². The van der Waals surface area contributed by atoms with Gasteiger partial charge in [-0.25, -0.2) is 4.79 Å². The van der Waals surface area contributed by atoms with Crippen LogP contribution in [0.25, 0.3) is 0 Å². The molecule has 5 heterocycles. The Morgan fingerprint density at radius 3 is 2.93 bits per heavy atom. The third-order valence-electron chi connectivity index (χ3n) is 7.60. The van der Waals surface area contributed by atoms with Gasteiger partial charge in [-0.3, -0.25) is 9.59 Å². The molecule has 0 saturated carbocycles. The molecule has 0 aromatic rings. The highest BCUT2D eigenvalue weighted by Crippen LogP contribution is 2.38. The number of piperidine rings is 3. The van der Waals surface area contributed by atoms with Gasteiger partial charge in [0.25, 0.3) is 0 Å². The smallest absolute Gasteiger partial charge is 0.315 e. The van der Waals surface area contributed by atoms with Gasteiger partial charge < -0.3 is 20.4 Å². The van der Waals surface area contributed by atoms with E-state index in [2.05, 4.69) is 20.4 Å². The Bertz CT molecular complexity index is 689. The summed E-state index contributed by atoms with van der Waals surface area (Å²) in [6.07, 6.45) is 7.65. The fourth-order valence-electron chi connectivity index (χ4n) is 6.24. The topological polar surface area (TPSA) is 81.8 Å². The van der Waals surface area contributed by atoms with E-state index in [-0.39, 0.29) is 18.1 Å². The Morgan fingerprint density at radius 2 is 2.03 bits per heavy atom. The largest absolute Gasteiger partial charge is 0.342 e. The average Bonchev–Trinajstić information content (AvgIpc) is 3.25. The molecule has 6 atom stereocenters. The van der Waals surface area contributed by atoms with E-state index in [4.69, 9.17) is 0 Å². The molecule has 0 spiro atoms. The minimum atomic E-state index is -0.0330. The van der Waals surface area contributed by atoms with Crippen molar-refractivity contribution >= 4 is 29.6 Å². The lowest BCUT2D eigenvalue weighted by Crippen LogP contribution is -2.61. The van der Waals surface area contributed by atoms with E-state index in [1.807, 2.05) is 11.8 Å². The first-order valence-electron chi connectivity index (χ1n) is 11.3. The molecule has 0 radical (unpaired) electrons. The van der Waals surface area contributed by atoms with Crippen molar-refractivity contribution in [2.24, 2.45) is 11.8 Å². The molecule has 8 heteroatoms. The predicted octanol–water partition coefficient (Wildman–Crippen LogP) is 1.57. The van der Waals surface area contributed by atoms with Crippen molar-refractivity contribution in [3.63, 3.8) is 0 Å². The Balaban J connectivity index is 1.07. The number of fused-ring (bicyclic) bond motifs is 5. The van der Waals surface area contributed by atoms with Gasteiger partial charge in [-0.2, -0.15) is 11.8 Å².